The first-order valence-electron chi connectivity index (χ1n) is 4.67. The van der Waals surface area contributed by atoms with Crippen LogP contribution in [0.4, 0.5) is 0 Å². The highest BCUT2D eigenvalue weighted by Gasteiger charge is 2.24. The first-order valence-corrected chi connectivity index (χ1v) is 4.67. The molecule has 2 atom stereocenters. The van der Waals surface area contributed by atoms with Crippen molar-refractivity contribution in [2.24, 2.45) is 11.7 Å². The fraction of sp³-hybridized carbons (Fsp3) is 0.455. The molecule has 0 amide bonds. The molecular weight excluding hydrogens is 162 g/mol. The zero-order valence-corrected chi connectivity index (χ0v) is 8.08. The van der Waals surface area contributed by atoms with Crippen molar-refractivity contribution in [1.29, 1.82) is 0 Å². The van der Waals surface area contributed by atoms with Crippen LogP contribution in [-0.2, 0) is 0 Å². The van der Waals surface area contributed by atoms with Gasteiger partial charge in [-0.15, -0.1) is 0 Å². The van der Waals surface area contributed by atoms with Gasteiger partial charge in [-0.2, -0.15) is 0 Å². The van der Waals surface area contributed by atoms with Crippen LogP contribution in [-0.4, -0.2) is 6.61 Å². The van der Waals surface area contributed by atoms with Crippen LogP contribution in [0.1, 0.15) is 24.1 Å². The van der Waals surface area contributed by atoms with E-state index in [-0.39, 0.29) is 6.04 Å². The molecule has 70 valence electrons. The minimum absolute atomic E-state index is 0.128. The summed E-state index contributed by atoms with van der Waals surface area (Å²) in [6.07, 6.45) is 0. The van der Waals surface area contributed by atoms with Gasteiger partial charge in [-0.3, -0.25) is 0 Å². The summed E-state index contributed by atoms with van der Waals surface area (Å²) in [5, 5.41) is 0. The number of hydrogen-bond donors (Lipinski definition) is 1. The van der Waals surface area contributed by atoms with E-state index in [4.69, 9.17) is 10.5 Å². The number of fused-ring (bicyclic) bond motifs is 1. The highest BCUT2D eigenvalue weighted by molar-refractivity contribution is 5.40. The Bertz CT molecular complexity index is 322. The summed E-state index contributed by atoms with van der Waals surface area (Å²) in [5.74, 6) is 1.37. The van der Waals surface area contributed by atoms with Crippen molar-refractivity contribution in [1.82, 2.24) is 0 Å². The molecule has 0 aromatic heterocycles. The van der Waals surface area contributed by atoms with E-state index in [1.165, 1.54) is 5.56 Å². The quantitative estimate of drug-likeness (QED) is 0.658. The average Bonchev–Trinajstić information content (AvgIpc) is 2.12. The number of ether oxygens (including phenoxy) is 1. The first-order chi connectivity index (χ1) is 6.18. The molecule has 2 nitrogen and oxygen atoms in total. The molecule has 2 N–H and O–H groups in total. The minimum atomic E-state index is 0.128. The summed E-state index contributed by atoms with van der Waals surface area (Å²) in [5.41, 5.74) is 8.47. The Balaban J connectivity index is 2.45. The maximum absolute atomic E-state index is 6.08. The van der Waals surface area contributed by atoms with E-state index in [2.05, 4.69) is 26.0 Å². The molecule has 0 fully saturated rings. The van der Waals surface area contributed by atoms with Crippen molar-refractivity contribution in [3.05, 3.63) is 29.3 Å². The molecule has 1 aliphatic rings. The lowest BCUT2D eigenvalue weighted by Gasteiger charge is -2.28. The normalized spacial score (nSPS) is 26.4. The van der Waals surface area contributed by atoms with E-state index in [1.807, 2.05) is 6.07 Å². The average molecular weight is 177 g/mol. The molecular formula is C11H15NO. The summed E-state index contributed by atoms with van der Waals surface area (Å²) < 4.78 is 5.58. The molecule has 0 aliphatic carbocycles. The van der Waals surface area contributed by atoms with Crippen LogP contribution in [0.2, 0.25) is 0 Å². The monoisotopic (exact) mass is 177 g/mol. The summed E-state index contributed by atoms with van der Waals surface area (Å²) in [4.78, 5) is 0. The molecule has 13 heavy (non-hydrogen) atoms. The van der Waals surface area contributed by atoms with Gasteiger partial charge < -0.3 is 10.5 Å². The van der Waals surface area contributed by atoms with Crippen LogP contribution in [0, 0.1) is 12.8 Å². The molecule has 0 radical (unpaired) electrons. The van der Waals surface area contributed by atoms with E-state index in [0.717, 1.165) is 17.9 Å². The van der Waals surface area contributed by atoms with Crippen LogP contribution < -0.4 is 10.5 Å². The van der Waals surface area contributed by atoms with Crippen molar-refractivity contribution < 1.29 is 4.74 Å². The zero-order chi connectivity index (χ0) is 9.42. The molecule has 1 heterocycles. The molecule has 0 saturated heterocycles. The van der Waals surface area contributed by atoms with Gasteiger partial charge in [-0.05, 0) is 13.0 Å². The lowest BCUT2D eigenvalue weighted by molar-refractivity contribution is 0.207. The third-order valence-electron chi connectivity index (χ3n) is 2.64. The summed E-state index contributed by atoms with van der Waals surface area (Å²) in [6, 6.07) is 6.32. The van der Waals surface area contributed by atoms with Crippen molar-refractivity contribution in [3.8, 4) is 5.75 Å². The minimum Gasteiger partial charge on any atom is -0.493 e. The van der Waals surface area contributed by atoms with Gasteiger partial charge in [-0.1, -0.05) is 24.6 Å². The Hall–Kier alpha value is -1.02. The van der Waals surface area contributed by atoms with Gasteiger partial charge in [0.1, 0.15) is 5.75 Å². The Morgan fingerprint density at radius 1 is 1.46 bits per heavy atom. The van der Waals surface area contributed by atoms with Gasteiger partial charge in [0.15, 0.2) is 0 Å². The van der Waals surface area contributed by atoms with Crippen molar-refractivity contribution >= 4 is 0 Å². The van der Waals surface area contributed by atoms with Crippen LogP contribution in [0.3, 0.4) is 0 Å². The summed E-state index contributed by atoms with van der Waals surface area (Å²) in [6.45, 7) is 4.93. The van der Waals surface area contributed by atoms with E-state index in [9.17, 15) is 0 Å². The van der Waals surface area contributed by atoms with Gasteiger partial charge in [0.05, 0.1) is 6.61 Å². The second kappa shape index (κ2) is 3.04. The van der Waals surface area contributed by atoms with Crippen molar-refractivity contribution in [2.75, 3.05) is 6.61 Å². The molecule has 1 aromatic rings. The van der Waals surface area contributed by atoms with Gasteiger partial charge in [0, 0.05) is 17.5 Å². The van der Waals surface area contributed by atoms with Crippen LogP contribution in [0.15, 0.2) is 18.2 Å². The predicted molar refractivity (Wildman–Crippen MR) is 52.8 cm³/mol. The SMILES string of the molecule is Cc1ccc2c(c1)C(N)C(C)CO2. The first kappa shape index (κ1) is 8.57. The van der Waals surface area contributed by atoms with Gasteiger partial charge in [0.2, 0.25) is 0 Å². The second-order valence-corrected chi connectivity index (χ2v) is 3.86. The third kappa shape index (κ3) is 1.42. The molecule has 0 spiro atoms. The number of benzene rings is 1. The van der Waals surface area contributed by atoms with Gasteiger partial charge in [-0.25, -0.2) is 0 Å². The molecule has 2 rings (SSSR count). The van der Waals surface area contributed by atoms with E-state index in [0.29, 0.717) is 5.92 Å². The fourth-order valence-electron chi connectivity index (χ4n) is 1.69. The van der Waals surface area contributed by atoms with E-state index < -0.39 is 0 Å². The highest BCUT2D eigenvalue weighted by atomic mass is 16.5. The lowest BCUT2D eigenvalue weighted by atomic mass is 9.92. The smallest absolute Gasteiger partial charge is 0.124 e. The highest BCUT2D eigenvalue weighted by Crippen LogP contribution is 2.33. The maximum Gasteiger partial charge on any atom is 0.124 e. The Labute approximate surface area is 78.7 Å². The molecule has 0 saturated carbocycles. The summed E-state index contributed by atoms with van der Waals surface area (Å²) >= 11 is 0. The zero-order valence-electron chi connectivity index (χ0n) is 8.08. The maximum atomic E-state index is 6.08. The number of aryl methyl sites for hydroxylation is 1. The van der Waals surface area contributed by atoms with Gasteiger partial charge in [0.25, 0.3) is 0 Å². The van der Waals surface area contributed by atoms with E-state index >= 15 is 0 Å². The van der Waals surface area contributed by atoms with Crippen molar-refractivity contribution in [3.63, 3.8) is 0 Å². The Kier molecular flexibility index (Phi) is 2.00. The summed E-state index contributed by atoms with van der Waals surface area (Å²) in [7, 11) is 0. The number of rotatable bonds is 0. The molecule has 1 aromatic carbocycles. The topological polar surface area (TPSA) is 35.2 Å². The lowest BCUT2D eigenvalue weighted by Crippen LogP contribution is -2.29. The molecule has 0 bridgehead atoms. The van der Waals surface area contributed by atoms with E-state index in [1.54, 1.807) is 0 Å². The van der Waals surface area contributed by atoms with Gasteiger partial charge >= 0.3 is 0 Å². The molecule has 1 aliphatic heterocycles. The standard InChI is InChI=1S/C11H15NO/c1-7-3-4-10-9(5-7)11(12)8(2)6-13-10/h3-5,8,11H,6,12H2,1-2H3. The number of nitrogens with two attached hydrogens (primary N) is 1. The van der Waals surface area contributed by atoms with Crippen LogP contribution >= 0.6 is 0 Å². The Morgan fingerprint density at radius 3 is 3.00 bits per heavy atom. The fourth-order valence-corrected chi connectivity index (χ4v) is 1.69. The second-order valence-electron chi connectivity index (χ2n) is 3.86. The van der Waals surface area contributed by atoms with Crippen molar-refractivity contribution in [2.45, 2.75) is 19.9 Å². The Morgan fingerprint density at radius 2 is 2.23 bits per heavy atom. The largest absolute Gasteiger partial charge is 0.493 e. The predicted octanol–water partition coefficient (Wildman–Crippen LogP) is 2.02. The third-order valence-corrected chi connectivity index (χ3v) is 2.64. The van der Waals surface area contributed by atoms with Crippen LogP contribution in [0.25, 0.3) is 0 Å². The number of hydrogen-bond acceptors (Lipinski definition) is 2. The molecule has 2 heteroatoms. The van der Waals surface area contributed by atoms with Crippen LogP contribution in [0.5, 0.6) is 5.75 Å². The molecule has 2 unspecified atom stereocenters.